The Balaban J connectivity index is 1.95. The highest BCUT2D eigenvalue weighted by Crippen LogP contribution is 2.33. The summed E-state index contributed by atoms with van der Waals surface area (Å²) >= 11 is 16.0. The first-order valence-corrected chi connectivity index (χ1v) is 7.93. The zero-order valence-electron chi connectivity index (χ0n) is 10.8. The first kappa shape index (κ1) is 14.7. The van der Waals surface area contributed by atoms with Gasteiger partial charge in [-0.15, -0.1) is 11.6 Å². The van der Waals surface area contributed by atoms with Crippen molar-refractivity contribution in [3.8, 4) is 0 Å². The smallest absolute Gasteiger partial charge is 0.306 e. The minimum atomic E-state index is -0.227. The molecule has 3 rings (SSSR count). The maximum absolute atomic E-state index is 11.3. The Morgan fingerprint density at radius 1 is 1.14 bits per heavy atom. The Morgan fingerprint density at radius 3 is 2.57 bits per heavy atom. The number of aromatic nitrogens is 2. The molecule has 0 aliphatic heterocycles. The summed E-state index contributed by atoms with van der Waals surface area (Å²) in [6.45, 7) is 0. The number of benzene rings is 2. The Bertz CT molecular complexity index is 856. The highest BCUT2D eigenvalue weighted by Gasteiger charge is 2.15. The Labute approximate surface area is 139 Å². The van der Waals surface area contributed by atoms with Crippen LogP contribution in [-0.2, 0) is 6.42 Å². The van der Waals surface area contributed by atoms with Crippen molar-refractivity contribution in [1.82, 2.24) is 9.97 Å². The van der Waals surface area contributed by atoms with Crippen LogP contribution in [0, 0.1) is 0 Å². The SMILES string of the molecule is O=c1[nH]c2cc(Br)c(C(Cl)Cc3cccc(Cl)c3)cc2[nH]1. The molecule has 3 nitrogen and oxygen atoms in total. The number of H-pyrrole nitrogens is 2. The summed E-state index contributed by atoms with van der Waals surface area (Å²) in [7, 11) is 0. The fourth-order valence-electron chi connectivity index (χ4n) is 2.29. The number of fused-ring (bicyclic) bond motifs is 1. The minimum absolute atomic E-state index is 0.222. The maximum atomic E-state index is 11.3. The third kappa shape index (κ3) is 3.18. The molecule has 2 aromatic carbocycles. The molecule has 0 saturated heterocycles. The predicted octanol–water partition coefficient (Wildman–Crippen LogP) is 4.79. The van der Waals surface area contributed by atoms with Gasteiger partial charge in [0, 0.05) is 9.50 Å². The van der Waals surface area contributed by atoms with Gasteiger partial charge in [0.2, 0.25) is 0 Å². The summed E-state index contributed by atoms with van der Waals surface area (Å²) in [5.74, 6) is 0. The Kier molecular flexibility index (Phi) is 4.11. The van der Waals surface area contributed by atoms with E-state index in [0.29, 0.717) is 11.4 Å². The lowest BCUT2D eigenvalue weighted by atomic mass is 10.0. The Morgan fingerprint density at radius 2 is 1.86 bits per heavy atom. The molecule has 1 unspecified atom stereocenters. The summed E-state index contributed by atoms with van der Waals surface area (Å²) in [5.41, 5.74) is 3.27. The lowest BCUT2D eigenvalue weighted by Gasteiger charge is -2.12. The van der Waals surface area contributed by atoms with E-state index in [9.17, 15) is 4.79 Å². The molecule has 0 bridgehead atoms. The first-order valence-electron chi connectivity index (χ1n) is 6.33. The quantitative estimate of drug-likeness (QED) is 0.625. The van der Waals surface area contributed by atoms with Crippen molar-refractivity contribution in [2.45, 2.75) is 11.8 Å². The van der Waals surface area contributed by atoms with Gasteiger partial charge in [0.15, 0.2) is 0 Å². The van der Waals surface area contributed by atoms with Gasteiger partial charge in [-0.2, -0.15) is 0 Å². The standard InChI is InChI=1S/C15H11BrCl2N2O/c16-11-7-14-13(19-15(21)20-14)6-10(11)12(18)5-8-2-1-3-9(17)4-8/h1-4,6-7,12H,5H2,(H2,19,20,21). The summed E-state index contributed by atoms with van der Waals surface area (Å²) in [6, 6.07) is 11.4. The molecule has 0 spiro atoms. The highest BCUT2D eigenvalue weighted by molar-refractivity contribution is 9.10. The highest BCUT2D eigenvalue weighted by atomic mass is 79.9. The van der Waals surface area contributed by atoms with Gasteiger partial charge in [0.05, 0.1) is 16.4 Å². The van der Waals surface area contributed by atoms with Crippen LogP contribution in [0.5, 0.6) is 0 Å². The van der Waals surface area contributed by atoms with Crippen molar-refractivity contribution in [3.63, 3.8) is 0 Å². The molecule has 0 aliphatic rings. The molecule has 1 atom stereocenters. The van der Waals surface area contributed by atoms with Crippen molar-refractivity contribution in [2.24, 2.45) is 0 Å². The summed E-state index contributed by atoms with van der Waals surface area (Å²) in [4.78, 5) is 16.8. The fraction of sp³-hybridized carbons (Fsp3) is 0.133. The van der Waals surface area contributed by atoms with Crippen LogP contribution in [0.1, 0.15) is 16.5 Å². The van der Waals surface area contributed by atoms with E-state index in [1.54, 1.807) is 0 Å². The van der Waals surface area contributed by atoms with Gasteiger partial charge < -0.3 is 9.97 Å². The third-order valence-electron chi connectivity index (χ3n) is 3.27. The molecule has 3 aromatic rings. The monoisotopic (exact) mass is 384 g/mol. The van der Waals surface area contributed by atoms with Crippen LogP contribution >= 0.6 is 39.1 Å². The molecule has 0 saturated carbocycles. The fourth-order valence-corrected chi connectivity index (χ4v) is 3.62. The van der Waals surface area contributed by atoms with Gasteiger partial charge in [-0.25, -0.2) is 4.79 Å². The molecular weight excluding hydrogens is 375 g/mol. The topological polar surface area (TPSA) is 48.6 Å². The number of hydrogen-bond donors (Lipinski definition) is 2. The van der Waals surface area contributed by atoms with Gasteiger partial charge in [-0.05, 0) is 41.8 Å². The molecule has 0 radical (unpaired) electrons. The molecule has 0 amide bonds. The second-order valence-corrected chi connectivity index (χ2v) is 6.62. The van der Waals surface area contributed by atoms with Crippen LogP contribution in [0.2, 0.25) is 5.02 Å². The Hall–Kier alpha value is -1.23. The molecule has 0 fully saturated rings. The third-order valence-corrected chi connectivity index (χ3v) is 4.59. The predicted molar refractivity (Wildman–Crippen MR) is 90.4 cm³/mol. The number of imidazole rings is 1. The van der Waals surface area contributed by atoms with Crippen LogP contribution in [0.15, 0.2) is 45.7 Å². The van der Waals surface area contributed by atoms with E-state index in [-0.39, 0.29) is 11.1 Å². The zero-order valence-corrected chi connectivity index (χ0v) is 13.9. The van der Waals surface area contributed by atoms with Crippen molar-refractivity contribution in [2.75, 3.05) is 0 Å². The molecule has 2 N–H and O–H groups in total. The number of nitrogens with one attached hydrogen (secondary N) is 2. The van der Waals surface area contributed by atoms with E-state index in [0.717, 1.165) is 26.6 Å². The van der Waals surface area contributed by atoms with Gasteiger partial charge in [0.1, 0.15) is 0 Å². The number of halogens is 3. The molecule has 6 heteroatoms. The van der Waals surface area contributed by atoms with Crippen LogP contribution in [0.4, 0.5) is 0 Å². The number of rotatable bonds is 3. The van der Waals surface area contributed by atoms with Crippen LogP contribution in [-0.4, -0.2) is 9.97 Å². The van der Waals surface area contributed by atoms with Crippen molar-refractivity contribution in [3.05, 3.63) is 67.5 Å². The molecule has 1 heterocycles. The number of aromatic amines is 2. The number of alkyl halides is 1. The second-order valence-electron chi connectivity index (χ2n) is 4.80. The normalized spacial score (nSPS) is 12.7. The van der Waals surface area contributed by atoms with E-state index in [4.69, 9.17) is 23.2 Å². The van der Waals surface area contributed by atoms with Crippen LogP contribution in [0.25, 0.3) is 11.0 Å². The average molecular weight is 386 g/mol. The summed E-state index contributed by atoms with van der Waals surface area (Å²) < 4.78 is 0.868. The maximum Gasteiger partial charge on any atom is 0.323 e. The van der Waals surface area contributed by atoms with Crippen molar-refractivity contribution >= 4 is 50.2 Å². The van der Waals surface area contributed by atoms with Gasteiger partial charge in [-0.3, -0.25) is 0 Å². The van der Waals surface area contributed by atoms with Gasteiger partial charge >= 0.3 is 5.69 Å². The lowest BCUT2D eigenvalue weighted by Crippen LogP contribution is -1.99. The van der Waals surface area contributed by atoms with Gasteiger partial charge in [0.25, 0.3) is 0 Å². The zero-order chi connectivity index (χ0) is 15.0. The van der Waals surface area contributed by atoms with Gasteiger partial charge in [-0.1, -0.05) is 39.7 Å². The van der Waals surface area contributed by atoms with E-state index in [2.05, 4.69) is 25.9 Å². The van der Waals surface area contributed by atoms with Crippen LogP contribution in [0.3, 0.4) is 0 Å². The number of hydrogen-bond acceptors (Lipinski definition) is 1. The van der Waals surface area contributed by atoms with Crippen LogP contribution < -0.4 is 5.69 Å². The summed E-state index contributed by atoms with van der Waals surface area (Å²) in [5, 5.41) is 0.474. The molecule has 108 valence electrons. The minimum Gasteiger partial charge on any atom is -0.306 e. The first-order chi connectivity index (χ1) is 10.0. The van der Waals surface area contributed by atoms with E-state index in [1.165, 1.54) is 0 Å². The molecule has 21 heavy (non-hydrogen) atoms. The second kappa shape index (κ2) is 5.87. The molecule has 1 aromatic heterocycles. The molecule has 0 aliphatic carbocycles. The van der Waals surface area contributed by atoms with E-state index in [1.807, 2.05) is 36.4 Å². The molecular formula is C15H11BrCl2N2O. The van der Waals surface area contributed by atoms with Crippen molar-refractivity contribution < 1.29 is 0 Å². The average Bonchev–Trinajstić information content (AvgIpc) is 2.76. The largest absolute Gasteiger partial charge is 0.323 e. The van der Waals surface area contributed by atoms with E-state index < -0.39 is 0 Å². The summed E-state index contributed by atoms with van der Waals surface area (Å²) in [6.07, 6.45) is 0.654. The van der Waals surface area contributed by atoms with E-state index >= 15 is 0 Å². The lowest BCUT2D eigenvalue weighted by molar-refractivity contribution is 0.916. The van der Waals surface area contributed by atoms with Crippen molar-refractivity contribution in [1.29, 1.82) is 0 Å².